The van der Waals surface area contributed by atoms with E-state index in [1.807, 2.05) is 0 Å². The van der Waals surface area contributed by atoms with Crippen LogP contribution in [0, 0.1) is 0 Å². The molecule has 0 fully saturated rings. The van der Waals surface area contributed by atoms with Crippen molar-refractivity contribution in [2.45, 2.75) is 71.3 Å². The molecule has 0 aliphatic heterocycles. The molecule has 17 heteroatoms. The van der Waals surface area contributed by atoms with Crippen molar-refractivity contribution in [2.75, 3.05) is 5.32 Å². The Balaban J connectivity index is 1.36. The summed E-state index contributed by atoms with van der Waals surface area (Å²) >= 11 is 1.25. The summed E-state index contributed by atoms with van der Waals surface area (Å²) in [7, 11) is 0. The minimum atomic E-state index is -4.83. The normalized spacial score (nSPS) is 12.5. The highest BCUT2D eigenvalue weighted by Crippen LogP contribution is 2.23. The number of anilines is 1. The molecule has 46 heavy (non-hydrogen) atoms. The van der Waals surface area contributed by atoms with E-state index in [1.165, 1.54) is 46.6 Å². The molecule has 2 aromatic heterocycles. The van der Waals surface area contributed by atoms with Crippen molar-refractivity contribution in [2.24, 2.45) is 11.5 Å². The highest BCUT2D eigenvalue weighted by Gasteiger charge is 2.31. The predicted octanol–water partition coefficient (Wildman–Crippen LogP) is 4.31. The number of ether oxygens (including phenoxy) is 2. The Labute approximate surface area is 266 Å². The number of benzene rings is 1. The lowest BCUT2D eigenvalue weighted by atomic mass is 10.1. The van der Waals surface area contributed by atoms with Crippen molar-refractivity contribution in [3.05, 3.63) is 76.7 Å². The number of amides is 2. The number of imidazole rings is 1. The minimum absolute atomic E-state index is 0.0236. The first kappa shape index (κ1) is 35.5. The summed E-state index contributed by atoms with van der Waals surface area (Å²) in [6.45, 7) is 5.25. The van der Waals surface area contributed by atoms with Gasteiger partial charge in [0.15, 0.2) is 0 Å². The molecule has 13 nitrogen and oxygen atoms in total. The van der Waals surface area contributed by atoms with E-state index in [0.29, 0.717) is 34.9 Å². The Kier molecular flexibility index (Phi) is 12.3. The molecule has 0 saturated heterocycles. The number of aryl methyl sites for hydroxylation is 1. The Morgan fingerprint density at radius 3 is 2.52 bits per heavy atom. The van der Waals surface area contributed by atoms with E-state index < -0.39 is 29.7 Å². The molecule has 0 bridgehead atoms. The smallest absolute Gasteiger partial charge is 0.443 e. The van der Waals surface area contributed by atoms with Crippen molar-refractivity contribution in [3.8, 4) is 5.75 Å². The van der Waals surface area contributed by atoms with E-state index in [2.05, 4.69) is 30.6 Å². The maximum atomic E-state index is 12.4. The van der Waals surface area contributed by atoms with Crippen LogP contribution < -0.4 is 26.8 Å². The monoisotopic (exact) mass is 664 g/mol. The van der Waals surface area contributed by atoms with E-state index in [9.17, 15) is 27.6 Å². The van der Waals surface area contributed by atoms with Crippen LogP contribution in [0.3, 0.4) is 0 Å². The van der Waals surface area contributed by atoms with Crippen LogP contribution in [0.15, 0.2) is 60.5 Å². The van der Waals surface area contributed by atoms with Crippen LogP contribution in [0.4, 0.5) is 23.1 Å². The average molecular weight is 665 g/mol. The van der Waals surface area contributed by atoms with Crippen molar-refractivity contribution >= 4 is 34.4 Å². The van der Waals surface area contributed by atoms with Crippen LogP contribution in [-0.4, -0.2) is 49.6 Å². The van der Waals surface area contributed by atoms with Crippen LogP contribution in [0.1, 0.15) is 56.3 Å². The molecular weight excluding hydrogens is 629 g/mol. The summed E-state index contributed by atoms with van der Waals surface area (Å²) < 4.78 is 47.5. The van der Waals surface area contributed by atoms with Gasteiger partial charge < -0.3 is 31.6 Å². The molecule has 0 saturated carbocycles. The first-order valence-corrected chi connectivity index (χ1v) is 14.8. The van der Waals surface area contributed by atoms with Crippen molar-refractivity contribution in [1.29, 1.82) is 0 Å². The molecule has 0 atom stereocenters. The number of aromatic nitrogens is 4. The first-order valence-electron chi connectivity index (χ1n) is 14.0. The Bertz CT molecular complexity index is 1580. The molecule has 1 aromatic carbocycles. The third-order valence-corrected chi connectivity index (χ3v) is 6.56. The van der Waals surface area contributed by atoms with Crippen LogP contribution in [-0.2, 0) is 33.6 Å². The number of carbonyl (C=O) groups excluding carboxylic acids is 3. The van der Waals surface area contributed by atoms with E-state index in [1.54, 1.807) is 26.8 Å². The van der Waals surface area contributed by atoms with E-state index in [-0.39, 0.29) is 24.6 Å². The standard InChI is InChI=1S/C29H35F3N8O5S/c1-28(2,3)45-27(43)40-16-20(35-17-40)15-24(42)37-26-39-38-25(46-26)10-5-4-8-19(33)11-12-22(34)36-23(41)14-18-7-6-9-21(13-18)44-29(30,31)32/h6-7,9,11-13,16-17H,4-5,8,10,14-15,33-34H2,1-3H3,(H,36,41)(H,37,39,42)/b19-11-,22-12+. The molecule has 2 amide bonds. The summed E-state index contributed by atoms with van der Waals surface area (Å²) in [6.07, 6.45) is 2.64. The Hall–Kier alpha value is -4.93. The van der Waals surface area contributed by atoms with Crippen LogP contribution in [0.25, 0.3) is 0 Å². The van der Waals surface area contributed by atoms with Crippen molar-refractivity contribution in [1.82, 2.24) is 25.1 Å². The van der Waals surface area contributed by atoms with Gasteiger partial charge in [-0.15, -0.1) is 23.4 Å². The fourth-order valence-electron chi connectivity index (χ4n) is 3.77. The van der Waals surface area contributed by atoms with Gasteiger partial charge in [-0.25, -0.2) is 14.3 Å². The number of nitrogens with two attached hydrogens (primary N) is 2. The van der Waals surface area contributed by atoms with E-state index in [0.717, 1.165) is 30.0 Å². The summed E-state index contributed by atoms with van der Waals surface area (Å²) in [6, 6.07) is 5.11. The second-order valence-corrected chi connectivity index (χ2v) is 12.0. The van der Waals surface area contributed by atoms with Gasteiger partial charge in [0.1, 0.15) is 28.5 Å². The van der Waals surface area contributed by atoms with Gasteiger partial charge in [-0.2, -0.15) is 0 Å². The van der Waals surface area contributed by atoms with Gasteiger partial charge >= 0.3 is 12.5 Å². The molecule has 0 radical (unpaired) electrons. The second kappa shape index (κ2) is 15.9. The molecule has 2 heterocycles. The number of nitrogens with zero attached hydrogens (tertiary/aromatic N) is 4. The molecule has 0 aliphatic rings. The third-order valence-electron chi connectivity index (χ3n) is 5.66. The highest BCUT2D eigenvalue weighted by atomic mass is 32.1. The number of hydrogen-bond donors (Lipinski definition) is 4. The number of carbonyl (C=O) groups is 3. The predicted molar refractivity (Wildman–Crippen MR) is 163 cm³/mol. The van der Waals surface area contributed by atoms with Crippen LogP contribution >= 0.6 is 11.3 Å². The zero-order chi connectivity index (χ0) is 33.9. The van der Waals surface area contributed by atoms with Gasteiger partial charge in [0.2, 0.25) is 16.9 Å². The van der Waals surface area contributed by atoms with Crippen molar-refractivity contribution < 1.29 is 37.0 Å². The van der Waals surface area contributed by atoms with Gasteiger partial charge in [0.05, 0.1) is 18.5 Å². The third kappa shape index (κ3) is 13.4. The van der Waals surface area contributed by atoms with Gasteiger partial charge in [-0.05, 0) is 69.9 Å². The number of allylic oxidation sites excluding steroid dienone is 3. The summed E-state index contributed by atoms with van der Waals surface area (Å²) in [5, 5.41) is 14.3. The summed E-state index contributed by atoms with van der Waals surface area (Å²) in [5.74, 6) is -1.28. The topological polar surface area (TPSA) is 189 Å². The van der Waals surface area contributed by atoms with Crippen LogP contribution in [0.5, 0.6) is 5.75 Å². The number of alkyl halides is 3. The quantitative estimate of drug-likeness (QED) is 0.151. The second-order valence-electron chi connectivity index (χ2n) is 11.0. The molecule has 0 aliphatic carbocycles. The largest absolute Gasteiger partial charge is 0.573 e. The molecule has 248 valence electrons. The summed E-state index contributed by atoms with van der Waals surface area (Å²) in [5.41, 5.74) is 12.4. The summed E-state index contributed by atoms with van der Waals surface area (Å²) in [4.78, 5) is 40.8. The van der Waals surface area contributed by atoms with Gasteiger partial charge in [-0.3, -0.25) is 9.59 Å². The number of rotatable bonds is 13. The van der Waals surface area contributed by atoms with Gasteiger partial charge in [0.25, 0.3) is 0 Å². The maximum absolute atomic E-state index is 12.4. The first-order chi connectivity index (χ1) is 21.5. The zero-order valence-corrected chi connectivity index (χ0v) is 26.2. The number of unbranched alkanes of at least 4 members (excludes halogenated alkanes) is 1. The number of halogens is 3. The number of nitrogens with one attached hydrogen (secondary N) is 2. The Morgan fingerprint density at radius 2 is 1.80 bits per heavy atom. The van der Waals surface area contributed by atoms with Gasteiger partial charge in [0, 0.05) is 18.3 Å². The molecule has 3 aromatic rings. The number of hydrogen-bond acceptors (Lipinski definition) is 11. The van der Waals surface area contributed by atoms with Gasteiger partial charge in [-0.1, -0.05) is 23.5 Å². The molecular formula is C29H35F3N8O5S. The fourth-order valence-corrected chi connectivity index (χ4v) is 4.57. The lowest BCUT2D eigenvalue weighted by molar-refractivity contribution is -0.274. The van der Waals surface area contributed by atoms with E-state index in [4.69, 9.17) is 16.2 Å². The molecule has 6 N–H and O–H groups in total. The minimum Gasteiger partial charge on any atom is -0.443 e. The fraction of sp³-hybridized carbons (Fsp3) is 0.379. The molecule has 3 rings (SSSR count). The van der Waals surface area contributed by atoms with Crippen molar-refractivity contribution in [3.63, 3.8) is 0 Å². The Morgan fingerprint density at radius 1 is 1.04 bits per heavy atom. The molecule has 0 spiro atoms. The SMILES string of the molecule is CC(C)(C)OC(=O)n1cnc(CC(=O)Nc2nnc(CCCC/C(N)=C/C=C(\N)NC(=O)Cc3cccc(OC(F)(F)F)c3)s2)c1. The average Bonchev–Trinajstić information content (AvgIpc) is 3.57. The zero-order valence-electron chi connectivity index (χ0n) is 25.4. The van der Waals surface area contributed by atoms with Crippen LogP contribution in [0.2, 0.25) is 0 Å². The lowest BCUT2D eigenvalue weighted by Crippen LogP contribution is -2.28. The lowest BCUT2D eigenvalue weighted by Gasteiger charge is -2.19. The molecule has 0 unspecified atom stereocenters. The highest BCUT2D eigenvalue weighted by molar-refractivity contribution is 7.15. The maximum Gasteiger partial charge on any atom is 0.573 e. The van der Waals surface area contributed by atoms with E-state index >= 15 is 0 Å².